The fourth-order valence-electron chi connectivity index (χ4n) is 3.24. The summed E-state index contributed by atoms with van der Waals surface area (Å²) < 4.78 is 54.4. The average Bonchev–Trinajstić information content (AvgIpc) is 2.87. The molecule has 0 aliphatic carbocycles. The second-order valence-electron chi connectivity index (χ2n) is 7.44. The van der Waals surface area contributed by atoms with Crippen molar-refractivity contribution < 1.29 is 41.8 Å². The number of alkyl halides is 3. The SMILES string of the molecule is COc1cc(NC(=O)C(=O)Nc2cccc(NC(=O)c3cccc(C(F)(F)F)c3)c2)cc(OC)c1OC. The number of rotatable bonds is 7. The molecule has 0 aromatic heterocycles. The van der Waals surface area contributed by atoms with Crippen molar-refractivity contribution in [2.45, 2.75) is 6.18 Å². The third-order valence-electron chi connectivity index (χ3n) is 4.96. The molecule has 0 radical (unpaired) electrons. The number of anilines is 3. The quantitative estimate of drug-likeness (QED) is 0.396. The van der Waals surface area contributed by atoms with Crippen LogP contribution in [0, 0.1) is 0 Å². The van der Waals surface area contributed by atoms with Crippen molar-refractivity contribution in [1.29, 1.82) is 0 Å². The van der Waals surface area contributed by atoms with Crippen LogP contribution in [0.25, 0.3) is 0 Å². The summed E-state index contributed by atoms with van der Waals surface area (Å²) in [4.78, 5) is 37.3. The first-order chi connectivity index (χ1) is 17.5. The molecule has 0 bridgehead atoms. The van der Waals surface area contributed by atoms with E-state index in [0.29, 0.717) is 5.75 Å². The number of methoxy groups -OCH3 is 3. The van der Waals surface area contributed by atoms with Gasteiger partial charge in [-0.3, -0.25) is 14.4 Å². The van der Waals surface area contributed by atoms with Crippen molar-refractivity contribution in [2.24, 2.45) is 0 Å². The van der Waals surface area contributed by atoms with Crippen LogP contribution in [0.15, 0.2) is 60.7 Å². The zero-order chi connectivity index (χ0) is 27.2. The van der Waals surface area contributed by atoms with Crippen molar-refractivity contribution in [1.82, 2.24) is 0 Å². The van der Waals surface area contributed by atoms with Crippen molar-refractivity contribution in [2.75, 3.05) is 37.3 Å². The normalized spacial score (nSPS) is 10.8. The summed E-state index contributed by atoms with van der Waals surface area (Å²) >= 11 is 0. The van der Waals surface area contributed by atoms with E-state index < -0.39 is 29.5 Å². The number of carbonyl (C=O) groups is 3. The Labute approximate surface area is 209 Å². The Bertz CT molecular complexity index is 1300. The maximum atomic E-state index is 12.9. The lowest BCUT2D eigenvalue weighted by Crippen LogP contribution is -2.29. The van der Waals surface area contributed by atoms with E-state index in [9.17, 15) is 27.6 Å². The van der Waals surface area contributed by atoms with Gasteiger partial charge in [-0.05, 0) is 36.4 Å². The van der Waals surface area contributed by atoms with E-state index in [0.717, 1.165) is 18.2 Å². The van der Waals surface area contributed by atoms with Crippen LogP contribution in [-0.2, 0) is 15.8 Å². The number of hydrogen-bond donors (Lipinski definition) is 3. The van der Waals surface area contributed by atoms with Gasteiger partial charge in [-0.15, -0.1) is 0 Å². The van der Waals surface area contributed by atoms with E-state index in [1.165, 1.54) is 63.8 Å². The number of benzene rings is 3. The number of hydrogen-bond acceptors (Lipinski definition) is 6. The van der Waals surface area contributed by atoms with E-state index >= 15 is 0 Å². The lowest BCUT2D eigenvalue weighted by atomic mass is 10.1. The van der Waals surface area contributed by atoms with Crippen molar-refractivity contribution in [3.05, 3.63) is 71.8 Å². The maximum absolute atomic E-state index is 12.9. The molecular formula is C25H22F3N3O6. The highest BCUT2D eigenvalue weighted by atomic mass is 19.4. The van der Waals surface area contributed by atoms with Gasteiger partial charge in [-0.2, -0.15) is 13.2 Å². The Kier molecular flexibility index (Phi) is 8.23. The summed E-state index contributed by atoms with van der Waals surface area (Å²) in [7, 11) is 4.21. The maximum Gasteiger partial charge on any atom is 0.416 e. The van der Waals surface area contributed by atoms with Crippen LogP contribution in [0.3, 0.4) is 0 Å². The predicted octanol–water partition coefficient (Wildman–Crippen LogP) is 4.56. The smallest absolute Gasteiger partial charge is 0.416 e. The third kappa shape index (κ3) is 6.69. The van der Waals surface area contributed by atoms with Crippen LogP contribution in [0.1, 0.15) is 15.9 Å². The second kappa shape index (κ2) is 11.3. The third-order valence-corrected chi connectivity index (χ3v) is 4.96. The van der Waals surface area contributed by atoms with Crippen LogP contribution in [-0.4, -0.2) is 39.1 Å². The Balaban J connectivity index is 1.69. The molecular weight excluding hydrogens is 495 g/mol. The summed E-state index contributed by atoms with van der Waals surface area (Å²) in [5.74, 6) is -1.97. The molecule has 194 valence electrons. The molecule has 3 aromatic carbocycles. The summed E-state index contributed by atoms with van der Waals surface area (Å²) in [6, 6.07) is 12.6. The van der Waals surface area contributed by atoms with Crippen LogP contribution >= 0.6 is 0 Å². The van der Waals surface area contributed by atoms with Gasteiger partial charge in [0.2, 0.25) is 5.75 Å². The lowest BCUT2D eigenvalue weighted by molar-refractivity contribution is -0.137. The van der Waals surface area contributed by atoms with Gasteiger partial charge in [-0.1, -0.05) is 12.1 Å². The number of amides is 3. The van der Waals surface area contributed by atoms with E-state index in [1.54, 1.807) is 0 Å². The van der Waals surface area contributed by atoms with E-state index in [1.807, 2.05) is 0 Å². The molecule has 0 aliphatic rings. The minimum atomic E-state index is -4.59. The lowest BCUT2D eigenvalue weighted by Gasteiger charge is -2.14. The molecule has 9 nitrogen and oxygen atoms in total. The Morgan fingerprint density at radius 2 is 1.22 bits per heavy atom. The molecule has 3 N–H and O–H groups in total. The number of carbonyl (C=O) groups excluding carboxylic acids is 3. The van der Waals surface area contributed by atoms with Gasteiger partial charge in [0.1, 0.15) is 0 Å². The Morgan fingerprint density at radius 3 is 1.76 bits per heavy atom. The molecule has 0 spiro atoms. The van der Waals surface area contributed by atoms with E-state index in [-0.39, 0.29) is 34.1 Å². The van der Waals surface area contributed by atoms with Crippen molar-refractivity contribution in [3.8, 4) is 17.2 Å². The van der Waals surface area contributed by atoms with Crippen molar-refractivity contribution >= 4 is 34.8 Å². The molecule has 37 heavy (non-hydrogen) atoms. The Hall–Kier alpha value is -4.74. The monoisotopic (exact) mass is 517 g/mol. The zero-order valence-electron chi connectivity index (χ0n) is 19.9. The van der Waals surface area contributed by atoms with Crippen LogP contribution in [0.4, 0.5) is 30.2 Å². The molecule has 0 heterocycles. The highest BCUT2D eigenvalue weighted by molar-refractivity contribution is 6.43. The topological polar surface area (TPSA) is 115 Å². The minimum Gasteiger partial charge on any atom is -0.493 e. The highest BCUT2D eigenvalue weighted by Gasteiger charge is 2.31. The van der Waals surface area contributed by atoms with Gasteiger partial charge in [0, 0.05) is 34.8 Å². The molecule has 0 atom stereocenters. The molecule has 0 saturated carbocycles. The van der Waals surface area contributed by atoms with Gasteiger partial charge < -0.3 is 30.2 Å². The number of halogens is 3. The molecule has 0 unspecified atom stereocenters. The zero-order valence-corrected chi connectivity index (χ0v) is 19.9. The van der Waals surface area contributed by atoms with Gasteiger partial charge in [-0.25, -0.2) is 0 Å². The first-order valence-corrected chi connectivity index (χ1v) is 10.6. The van der Waals surface area contributed by atoms with Crippen LogP contribution in [0.2, 0.25) is 0 Å². The summed E-state index contributed by atoms with van der Waals surface area (Å²) in [5.41, 5.74) is -0.609. The number of ether oxygens (including phenoxy) is 3. The van der Waals surface area contributed by atoms with Crippen LogP contribution < -0.4 is 30.2 Å². The fourth-order valence-corrected chi connectivity index (χ4v) is 3.24. The fraction of sp³-hybridized carbons (Fsp3) is 0.160. The largest absolute Gasteiger partial charge is 0.493 e. The summed E-state index contributed by atoms with van der Waals surface area (Å²) in [5, 5.41) is 7.26. The van der Waals surface area contributed by atoms with Gasteiger partial charge in [0.15, 0.2) is 11.5 Å². The molecule has 12 heteroatoms. The second-order valence-corrected chi connectivity index (χ2v) is 7.44. The summed E-state index contributed by atoms with van der Waals surface area (Å²) in [6.07, 6.45) is -4.59. The van der Waals surface area contributed by atoms with Gasteiger partial charge in [0.05, 0.1) is 26.9 Å². The highest BCUT2D eigenvalue weighted by Crippen LogP contribution is 2.40. The molecule has 0 fully saturated rings. The predicted molar refractivity (Wildman–Crippen MR) is 129 cm³/mol. The van der Waals surface area contributed by atoms with Gasteiger partial charge in [0.25, 0.3) is 5.91 Å². The van der Waals surface area contributed by atoms with E-state index in [4.69, 9.17) is 14.2 Å². The molecule has 3 amide bonds. The summed E-state index contributed by atoms with van der Waals surface area (Å²) in [6.45, 7) is 0. The Morgan fingerprint density at radius 1 is 0.676 bits per heavy atom. The van der Waals surface area contributed by atoms with Gasteiger partial charge >= 0.3 is 18.0 Å². The molecule has 3 aromatic rings. The molecule has 3 rings (SSSR count). The molecule has 0 saturated heterocycles. The average molecular weight is 517 g/mol. The van der Waals surface area contributed by atoms with Crippen LogP contribution in [0.5, 0.6) is 17.2 Å². The number of nitrogens with one attached hydrogen (secondary N) is 3. The minimum absolute atomic E-state index is 0.159. The first-order valence-electron chi connectivity index (χ1n) is 10.6. The standard InChI is InChI=1S/C25H22F3N3O6/c1-35-19-12-18(13-20(36-2)21(19)37-3)31-24(34)23(33)30-17-9-5-8-16(11-17)29-22(32)14-6-4-7-15(10-14)25(26,27)28/h4-13H,1-3H3,(H,29,32)(H,30,33)(H,31,34). The molecule has 0 aliphatic heterocycles. The first kappa shape index (κ1) is 26.9. The van der Waals surface area contributed by atoms with E-state index in [2.05, 4.69) is 16.0 Å². The van der Waals surface area contributed by atoms with Crippen molar-refractivity contribution in [3.63, 3.8) is 0 Å².